The van der Waals surface area contributed by atoms with Crippen LogP contribution in [0.5, 0.6) is 11.5 Å². The van der Waals surface area contributed by atoms with Gasteiger partial charge >= 0.3 is 12.1 Å². The molecule has 0 saturated carbocycles. The number of hydrogen-bond acceptors (Lipinski definition) is 9. The third kappa shape index (κ3) is 6.49. The number of nitrogens with zero attached hydrogens (tertiary/aromatic N) is 5. The lowest BCUT2D eigenvalue weighted by Crippen LogP contribution is -2.33. The zero-order chi connectivity index (χ0) is 26.5. The molecule has 0 saturated heterocycles. The molecule has 3 aromatic rings. The molecular weight excluding hydrogens is 481 g/mol. The predicted octanol–water partition coefficient (Wildman–Crippen LogP) is 3.23. The fraction of sp³-hybridized carbons (Fsp3) is 0.348. The van der Waals surface area contributed by atoms with E-state index in [0.29, 0.717) is 22.6 Å². The fourth-order valence-corrected chi connectivity index (χ4v) is 3.36. The highest BCUT2D eigenvalue weighted by molar-refractivity contribution is 5.78. The van der Waals surface area contributed by atoms with Crippen molar-refractivity contribution in [2.24, 2.45) is 0 Å². The summed E-state index contributed by atoms with van der Waals surface area (Å²) in [5.74, 6) is -0.182. The summed E-state index contributed by atoms with van der Waals surface area (Å²) in [4.78, 5) is 29.9. The minimum Gasteiger partial charge on any atom is -0.496 e. The van der Waals surface area contributed by atoms with Crippen molar-refractivity contribution >= 4 is 17.7 Å². The van der Waals surface area contributed by atoms with E-state index in [1.165, 1.54) is 31.5 Å². The minimum absolute atomic E-state index is 0.124. The highest BCUT2D eigenvalue weighted by Crippen LogP contribution is 2.37. The summed E-state index contributed by atoms with van der Waals surface area (Å²) in [5, 5.41) is 12.3. The van der Waals surface area contributed by atoms with Gasteiger partial charge in [0, 0.05) is 50.2 Å². The summed E-state index contributed by atoms with van der Waals surface area (Å²) in [7, 11) is 6.25. The van der Waals surface area contributed by atoms with Gasteiger partial charge in [-0.2, -0.15) is 18.2 Å². The SMILES string of the molecule is COc1cccc(OC)c1-c1cnc(C[C@H](Nc2nc(N(C)C)ncc2CC(F)(F)F)C(=O)O)nc1. The van der Waals surface area contributed by atoms with Gasteiger partial charge in [0.15, 0.2) is 0 Å². The van der Waals surface area contributed by atoms with Gasteiger partial charge < -0.3 is 24.8 Å². The molecule has 0 spiro atoms. The number of aromatic nitrogens is 4. The molecule has 0 fully saturated rings. The summed E-state index contributed by atoms with van der Waals surface area (Å²) in [6, 6.07) is 3.91. The third-order valence-corrected chi connectivity index (χ3v) is 5.06. The molecule has 10 nitrogen and oxygen atoms in total. The first-order valence-corrected chi connectivity index (χ1v) is 10.6. The molecule has 192 valence electrons. The van der Waals surface area contributed by atoms with Crippen molar-refractivity contribution in [2.75, 3.05) is 38.5 Å². The Balaban J connectivity index is 1.88. The third-order valence-electron chi connectivity index (χ3n) is 5.06. The second-order valence-electron chi connectivity index (χ2n) is 7.90. The van der Waals surface area contributed by atoms with Crippen molar-refractivity contribution in [3.8, 4) is 22.6 Å². The zero-order valence-corrected chi connectivity index (χ0v) is 20.0. The molecule has 0 amide bonds. The van der Waals surface area contributed by atoms with E-state index in [2.05, 4.69) is 25.3 Å². The van der Waals surface area contributed by atoms with Gasteiger partial charge in [0.1, 0.15) is 29.2 Å². The number of nitrogens with one attached hydrogen (secondary N) is 1. The van der Waals surface area contributed by atoms with Crippen LogP contribution >= 0.6 is 0 Å². The van der Waals surface area contributed by atoms with Crippen LogP contribution in [0.4, 0.5) is 24.9 Å². The van der Waals surface area contributed by atoms with Crippen LogP contribution < -0.4 is 19.7 Å². The molecular formula is C23H25F3N6O4. The Morgan fingerprint density at radius 1 is 1.08 bits per heavy atom. The Kier molecular flexibility index (Phi) is 8.12. The minimum atomic E-state index is -4.53. The van der Waals surface area contributed by atoms with Crippen molar-refractivity contribution in [3.63, 3.8) is 0 Å². The second kappa shape index (κ2) is 11.1. The molecule has 36 heavy (non-hydrogen) atoms. The number of benzene rings is 1. The lowest BCUT2D eigenvalue weighted by atomic mass is 10.1. The Hall–Kier alpha value is -4.16. The molecule has 1 atom stereocenters. The van der Waals surface area contributed by atoms with Crippen LogP contribution in [-0.4, -0.2) is 71.5 Å². The maximum atomic E-state index is 13.1. The summed E-state index contributed by atoms with van der Waals surface area (Å²) < 4.78 is 50.0. The van der Waals surface area contributed by atoms with E-state index < -0.39 is 24.6 Å². The molecule has 2 aromatic heterocycles. The normalized spacial score (nSPS) is 12.1. The summed E-state index contributed by atoms with van der Waals surface area (Å²) in [6.07, 6.45) is -2.05. The lowest BCUT2D eigenvalue weighted by molar-refractivity contribution is -0.137. The van der Waals surface area contributed by atoms with Crippen LogP contribution in [0.2, 0.25) is 0 Å². The highest BCUT2D eigenvalue weighted by Gasteiger charge is 2.31. The molecule has 1 aromatic carbocycles. The standard InChI is InChI=1S/C23H25F3N6O4/c1-32(2)22-29-10-13(9-23(24,25)26)20(31-22)30-15(21(33)34)8-18-27-11-14(12-28-18)19-16(35-3)6-5-7-17(19)36-4/h5-7,10-12,15H,8-9H2,1-4H3,(H,33,34)(H,29,30,31)/t15-/m0/s1. The number of ether oxygens (including phenoxy) is 2. The van der Waals surface area contributed by atoms with Crippen LogP contribution in [0.15, 0.2) is 36.8 Å². The van der Waals surface area contributed by atoms with Crippen molar-refractivity contribution in [1.82, 2.24) is 19.9 Å². The smallest absolute Gasteiger partial charge is 0.393 e. The monoisotopic (exact) mass is 506 g/mol. The van der Waals surface area contributed by atoms with Crippen LogP contribution in [0.3, 0.4) is 0 Å². The highest BCUT2D eigenvalue weighted by atomic mass is 19.4. The second-order valence-corrected chi connectivity index (χ2v) is 7.90. The average molecular weight is 506 g/mol. The number of methoxy groups -OCH3 is 2. The molecule has 0 bridgehead atoms. The number of rotatable bonds is 10. The van der Waals surface area contributed by atoms with Gasteiger partial charge in [0.05, 0.1) is 26.2 Å². The lowest BCUT2D eigenvalue weighted by Gasteiger charge is -2.20. The van der Waals surface area contributed by atoms with Crippen molar-refractivity contribution in [2.45, 2.75) is 25.1 Å². The largest absolute Gasteiger partial charge is 0.496 e. The Morgan fingerprint density at radius 2 is 1.69 bits per heavy atom. The molecule has 0 unspecified atom stereocenters. The molecule has 13 heteroatoms. The molecule has 0 aliphatic rings. The van der Waals surface area contributed by atoms with Crippen molar-refractivity contribution < 1.29 is 32.5 Å². The predicted molar refractivity (Wildman–Crippen MR) is 125 cm³/mol. The molecule has 3 rings (SSSR count). The maximum absolute atomic E-state index is 13.1. The fourth-order valence-electron chi connectivity index (χ4n) is 3.36. The molecule has 0 aliphatic carbocycles. The molecule has 2 heterocycles. The zero-order valence-electron chi connectivity index (χ0n) is 20.0. The maximum Gasteiger partial charge on any atom is 0.393 e. The van der Waals surface area contributed by atoms with Gasteiger partial charge in [-0.1, -0.05) is 6.07 Å². The number of carboxylic acids is 1. The number of carboxylic acid groups (broad SMARTS) is 1. The first-order chi connectivity index (χ1) is 17.0. The van der Waals surface area contributed by atoms with Crippen LogP contribution in [-0.2, 0) is 17.6 Å². The number of anilines is 2. The van der Waals surface area contributed by atoms with E-state index in [1.54, 1.807) is 32.3 Å². The number of alkyl halides is 3. The first-order valence-electron chi connectivity index (χ1n) is 10.6. The first kappa shape index (κ1) is 26.4. The van der Waals surface area contributed by atoms with Crippen LogP contribution in [0.1, 0.15) is 11.4 Å². The van der Waals surface area contributed by atoms with E-state index >= 15 is 0 Å². The van der Waals surface area contributed by atoms with E-state index in [4.69, 9.17) is 9.47 Å². The Morgan fingerprint density at radius 3 is 2.19 bits per heavy atom. The summed E-state index contributed by atoms with van der Waals surface area (Å²) >= 11 is 0. The van der Waals surface area contributed by atoms with Gasteiger partial charge in [0.2, 0.25) is 5.95 Å². The van der Waals surface area contributed by atoms with E-state index in [0.717, 1.165) is 6.20 Å². The number of hydrogen-bond donors (Lipinski definition) is 2. The van der Waals surface area contributed by atoms with Crippen molar-refractivity contribution in [3.05, 3.63) is 48.2 Å². The van der Waals surface area contributed by atoms with Gasteiger partial charge in [-0.3, -0.25) is 0 Å². The Labute approximate surface area is 205 Å². The van der Waals surface area contributed by atoms with E-state index in [-0.39, 0.29) is 29.6 Å². The number of halogens is 3. The molecule has 0 radical (unpaired) electrons. The van der Waals surface area contributed by atoms with Gasteiger partial charge in [-0.05, 0) is 12.1 Å². The van der Waals surface area contributed by atoms with Gasteiger partial charge in [0.25, 0.3) is 0 Å². The number of aliphatic carboxylic acids is 1. The van der Waals surface area contributed by atoms with Gasteiger partial charge in [-0.25, -0.2) is 19.7 Å². The van der Waals surface area contributed by atoms with Crippen LogP contribution in [0.25, 0.3) is 11.1 Å². The molecule has 2 N–H and O–H groups in total. The number of carbonyl (C=O) groups is 1. The summed E-state index contributed by atoms with van der Waals surface area (Å²) in [5.41, 5.74) is 0.918. The molecule has 0 aliphatic heterocycles. The van der Waals surface area contributed by atoms with Crippen molar-refractivity contribution in [1.29, 1.82) is 0 Å². The van der Waals surface area contributed by atoms with Gasteiger partial charge in [-0.15, -0.1) is 0 Å². The summed E-state index contributed by atoms with van der Waals surface area (Å²) in [6.45, 7) is 0. The van der Waals surface area contributed by atoms with Crippen LogP contribution in [0, 0.1) is 0 Å². The van der Waals surface area contributed by atoms with E-state index in [1.807, 2.05) is 0 Å². The Bertz CT molecular complexity index is 1180. The quantitative estimate of drug-likeness (QED) is 0.424. The topological polar surface area (TPSA) is 123 Å². The average Bonchev–Trinajstić information content (AvgIpc) is 2.83. The van der Waals surface area contributed by atoms with E-state index in [9.17, 15) is 23.1 Å².